The van der Waals surface area contributed by atoms with E-state index in [4.69, 9.17) is 9.73 Å². The lowest BCUT2D eigenvalue weighted by Gasteiger charge is -2.34. The highest BCUT2D eigenvalue weighted by Crippen LogP contribution is 2.31. The molecular weight excluding hydrogens is 256 g/mol. The van der Waals surface area contributed by atoms with E-state index in [-0.39, 0.29) is 5.54 Å². The van der Waals surface area contributed by atoms with Crippen LogP contribution < -0.4 is 5.32 Å². The molecule has 1 aromatic carbocycles. The molecule has 19 heavy (non-hydrogen) atoms. The van der Waals surface area contributed by atoms with Gasteiger partial charge in [0.1, 0.15) is 0 Å². The molecule has 0 saturated carbocycles. The second kappa shape index (κ2) is 5.55. The molecule has 2 atom stereocenters. The van der Waals surface area contributed by atoms with Gasteiger partial charge in [-0.05, 0) is 25.3 Å². The van der Waals surface area contributed by atoms with Crippen molar-refractivity contribution in [1.29, 1.82) is 0 Å². The van der Waals surface area contributed by atoms with E-state index < -0.39 is 0 Å². The summed E-state index contributed by atoms with van der Waals surface area (Å²) in [6.07, 6.45) is 2.28. The third-order valence-corrected chi connectivity index (χ3v) is 4.65. The maximum Gasteiger partial charge on any atom is 0.157 e. The number of thioether (sulfide) groups is 1. The average Bonchev–Trinajstić information content (AvgIpc) is 2.88. The van der Waals surface area contributed by atoms with Gasteiger partial charge in [0.2, 0.25) is 0 Å². The van der Waals surface area contributed by atoms with Crippen molar-refractivity contribution in [2.24, 2.45) is 4.99 Å². The standard InChI is InChI=1S/C15H20N2OS/c1-15(8-5-9-18-11-15)17-14-16-13(10-19-14)12-6-3-2-4-7-12/h2-4,6-7,13H,5,8-11H2,1H3,(H,16,17). The third-order valence-electron chi connectivity index (χ3n) is 3.68. The predicted octanol–water partition coefficient (Wildman–Crippen LogP) is 2.99. The molecular formula is C15H20N2OS. The Morgan fingerprint density at radius 2 is 2.21 bits per heavy atom. The largest absolute Gasteiger partial charge is 0.379 e. The highest BCUT2D eigenvalue weighted by Gasteiger charge is 2.30. The van der Waals surface area contributed by atoms with Crippen molar-refractivity contribution in [3.05, 3.63) is 35.9 Å². The number of nitrogens with one attached hydrogen (secondary N) is 1. The smallest absolute Gasteiger partial charge is 0.157 e. The molecule has 2 heterocycles. The topological polar surface area (TPSA) is 33.6 Å². The molecule has 3 nitrogen and oxygen atoms in total. The lowest BCUT2D eigenvalue weighted by Crippen LogP contribution is -2.50. The summed E-state index contributed by atoms with van der Waals surface area (Å²) in [6.45, 7) is 3.90. The first kappa shape index (κ1) is 13.0. The van der Waals surface area contributed by atoms with Crippen molar-refractivity contribution in [2.45, 2.75) is 31.3 Å². The molecule has 4 heteroatoms. The Labute approximate surface area is 118 Å². The van der Waals surface area contributed by atoms with Crippen molar-refractivity contribution in [3.8, 4) is 0 Å². The fraction of sp³-hybridized carbons (Fsp3) is 0.533. The first-order valence-electron chi connectivity index (χ1n) is 6.87. The van der Waals surface area contributed by atoms with Crippen LogP contribution in [0.1, 0.15) is 31.4 Å². The molecule has 1 saturated heterocycles. The molecule has 2 aliphatic heterocycles. The Morgan fingerprint density at radius 3 is 2.95 bits per heavy atom. The maximum absolute atomic E-state index is 5.58. The number of nitrogens with zero attached hydrogens (tertiary/aromatic N) is 1. The third kappa shape index (κ3) is 3.12. The van der Waals surface area contributed by atoms with Crippen LogP contribution in [0, 0.1) is 0 Å². The summed E-state index contributed by atoms with van der Waals surface area (Å²) in [7, 11) is 0. The van der Waals surface area contributed by atoms with Gasteiger partial charge in [-0.25, -0.2) is 0 Å². The van der Waals surface area contributed by atoms with Crippen LogP contribution >= 0.6 is 11.8 Å². The van der Waals surface area contributed by atoms with Gasteiger partial charge in [-0.2, -0.15) is 0 Å². The summed E-state index contributed by atoms with van der Waals surface area (Å²) in [4.78, 5) is 4.81. The normalized spacial score (nSPS) is 31.0. The van der Waals surface area contributed by atoms with Gasteiger partial charge >= 0.3 is 0 Å². The number of ether oxygens (including phenoxy) is 1. The van der Waals surface area contributed by atoms with E-state index >= 15 is 0 Å². The molecule has 1 fully saturated rings. The first-order valence-corrected chi connectivity index (χ1v) is 7.85. The fourth-order valence-electron chi connectivity index (χ4n) is 2.58. The van der Waals surface area contributed by atoms with E-state index in [2.05, 4.69) is 42.6 Å². The van der Waals surface area contributed by atoms with Crippen LogP contribution in [0.4, 0.5) is 0 Å². The minimum atomic E-state index is 0.0513. The van der Waals surface area contributed by atoms with Gasteiger partial charge in [0, 0.05) is 12.4 Å². The number of amidine groups is 1. The molecule has 2 unspecified atom stereocenters. The molecule has 0 aromatic heterocycles. The van der Waals surface area contributed by atoms with Gasteiger partial charge in [0.05, 0.1) is 18.2 Å². The van der Waals surface area contributed by atoms with Gasteiger partial charge in [0.15, 0.2) is 5.17 Å². The van der Waals surface area contributed by atoms with Crippen molar-refractivity contribution >= 4 is 16.9 Å². The quantitative estimate of drug-likeness (QED) is 0.901. The van der Waals surface area contributed by atoms with E-state index in [0.29, 0.717) is 6.04 Å². The van der Waals surface area contributed by atoms with Gasteiger partial charge in [-0.15, -0.1) is 0 Å². The molecule has 0 bridgehead atoms. The zero-order chi connectivity index (χ0) is 13.1. The van der Waals surface area contributed by atoms with E-state index in [1.54, 1.807) is 0 Å². The van der Waals surface area contributed by atoms with Gasteiger partial charge in [-0.3, -0.25) is 4.99 Å². The fourth-order valence-corrected chi connectivity index (χ4v) is 3.68. The van der Waals surface area contributed by atoms with Crippen LogP contribution in [-0.4, -0.2) is 29.7 Å². The summed E-state index contributed by atoms with van der Waals surface area (Å²) in [5, 5.41) is 4.65. The molecule has 0 amide bonds. The predicted molar refractivity (Wildman–Crippen MR) is 80.7 cm³/mol. The zero-order valence-corrected chi connectivity index (χ0v) is 12.1. The number of hydrogen-bond donors (Lipinski definition) is 1. The van der Waals surface area contributed by atoms with Crippen molar-refractivity contribution < 1.29 is 4.74 Å². The Morgan fingerprint density at radius 1 is 1.37 bits per heavy atom. The lowest BCUT2D eigenvalue weighted by molar-refractivity contribution is 0.0375. The monoisotopic (exact) mass is 276 g/mol. The molecule has 3 rings (SSSR count). The highest BCUT2D eigenvalue weighted by molar-refractivity contribution is 8.14. The minimum absolute atomic E-state index is 0.0513. The van der Waals surface area contributed by atoms with Gasteiger partial charge in [-0.1, -0.05) is 42.1 Å². The molecule has 0 aliphatic carbocycles. The maximum atomic E-state index is 5.58. The van der Waals surface area contributed by atoms with Gasteiger partial charge in [0.25, 0.3) is 0 Å². The summed E-state index contributed by atoms with van der Waals surface area (Å²) in [5.41, 5.74) is 1.35. The molecule has 1 aromatic rings. The second-order valence-corrected chi connectivity index (χ2v) is 6.52. The summed E-state index contributed by atoms with van der Waals surface area (Å²) in [6, 6.07) is 10.8. The summed E-state index contributed by atoms with van der Waals surface area (Å²) in [5.74, 6) is 1.03. The Bertz CT molecular complexity index is 454. The lowest BCUT2D eigenvalue weighted by atomic mass is 9.95. The Hall–Kier alpha value is -1.00. The Balaban J connectivity index is 1.66. The van der Waals surface area contributed by atoms with E-state index in [0.717, 1.165) is 37.0 Å². The van der Waals surface area contributed by atoms with Crippen molar-refractivity contribution in [1.82, 2.24) is 5.32 Å². The molecule has 0 spiro atoms. The van der Waals surface area contributed by atoms with Crippen LogP contribution in [0.25, 0.3) is 0 Å². The first-order chi connectivity index (χ1) is 9.25. The number of hydrogen-bond acceptors (Lipinski definition) is 4. The van der Waals surface area contributed by atoms with Crippen LogP contribution in [0.15, 0.2) is 35.3 Å². The number of aliphatic imine (C=N–C) groups is 1. The average molecular weight is 276 g/mol. The molecule has 102 valence electrons. The Kier molecular flexibility index (Phi) is 3.80. The van der Waals surface area contributed by atoms with E-state index in [9.17, 15) is 0 Å². The minimum Gasteiger partial charge on any atom is -0.379 e. The molecule has 0 radical (unpaired) electrons. The van der Waals surface area contributed by atoms with E-state index in [1.165, 1.54) is 5.56 Å². The SMILES string of the molecule is CC1(NC2=NC(c3ccccc3)CS2)CCCOC1. The van der Waals surface area contributed by atoms with Crippen LogP contribution in [0.5, 0.6) is 0 Å². The van der Waals surface area contributed by atoms with Crippen molar-refractivity contribution in [3.63, 3.8) is 0 Å². The van der Waals surface area contributed by atoms with Crippen molar-refractivity contribution in [2.75, 3.05) is 19.0 Å². The highest BCUT2D eigenvalue weighted by atomic mass is 32.2. The van der Waals surface area contributed by atoms with Crippen LogP contribution in [-0.2, 0) is 4.74 Å². The molecule has 2 aliphatic rings. The number of benzene rings is 1. The van der Waals surface area contributed by atoms with E-state index in [1.807, 2.05) is 11.8 Å². The zero-order valence-electron chi connectivity index (χ0n) is 11.3. The number of rotatable bonds is 2. The summed E-state index contributed by atoms with van der Waals surface area (Å²) >= 11 is 1.82. The second-order valence-electron chi connectivity index (χ2n) is 5.51. The van der Waals surface area contributed by atoms with Crippen LogP contribution in [0.3, 0.4) is 0 Å². The molecule has 1 N–H and O–H groups in total. The van der Waals surface area contributed by atoms with Crippen LogP contribution in [0.2, 0.25) is 0 Å². The summed E-state index contributed by atoms with van der Waals surface area (Å²) < 4.78 is 5.58. The van der Waals surface area contributed by atoms with Gasteiger partial charge < -0.3 is 10.1 Å².